The summed E-state index contributed by atoms with van der Waals surface area (Å²) in [6, 6.07) is 5.20. The fourth-order valence-electron chi connectivity index (χ4n) is 2.93. The normalized spacial score (nSPS) is 21.7. The van der Waals surface area contributed by atoms with Crippen molar-refractivity contribution in [3.8, 4) is 5.75 Å². The van der Waals surface area contributed by atoms with E-state index in [1.807, 2.05) is 0 Å². The molecule has 1 aliphatic carbocycles. The van der Waals surface area contributed by atoms with Crippen LogP contribution in [0, 0.1) is 16.0 Å². The molecule has 0 amide bonds. The van der Waals surface area contributed by atoms with Gasteiger partial charge >= 0.3 is 5.69 Å². The molecular weight excluding hydrogens is 260 g/mol. The zero-order valence-electron chi connectivity index (χ0n) is 11.5. The van der Waals surface area contributed by atoms with Crippen LogP contribution in [0.5, 0.6) is 5.75 Å². The second kappa shape index (κ2) is 6.56. The Morgan fingerprint density at radius 1 is 1.50 bits per heavy atom. The van der Waals surface area contributed by atoms with Gasteiger partial charge in [-0.2, -0.15) is 0 Å². The quantitative estimate of drug-likeness (QED) is 0.618. The van der Waals surface area contributed by atoms with E-state index in [4.69, 9.17) is 9.84 Å². The number of hydrogen-bond acceptors (Lipinski definition) is 5. The molecular formula is C14H20N2O4. The minimum atomic E-state index is -0.419. The van der Waals surface area contributed by atoms with Gasteiger partial charge < -0.3 is 15.2 Å². The molecule has 1 saturated carbocycles. The number of nitrogens with one attached hydrogen (secondary N) is 1. The van der Waals surface area contributed by atoms with Crippen molar-refractivity contribution in [3.63, 3.8) is 0 Å². The van der Waals surface area contributed by atoms with Crippen molar-refractivity contribution in [1.82, 2.24) is 0 Å². The maximum absolute atomic E-state index is 11.2. The predicted octanol–water partition coefficient (Wildman–Crippen LogP) is 2.57. The van der Waals surface area contributed by atoms with E-state index in [9.17, 15) is 10.1 Å². The summed E-state index contributed by atoms with van der Waals surface area (Å²) in [4.78, 5) is 10.8. The Hall–Kier alpha value is -1.82. The minimum absolute atomic E-state index is 0.0235. The first-order valence-electron chi connectivity index (χ1n) is 6.86. The molecule has 0 spiro atoms. The zero-order chi connectivity index (χ0) is 14.5. The maximum Gasteiger partial charge on any atom is 0.333 e. The first-order valence-corrected chi connectivity index (χ1v) is 6.86. The molecule has 2 unspecified atom stereocenters. The number of nitro groups is 1. The van der Waals surface area contributed by atoms with Crippen LogP contribution in [0.25, 0.3) is 0 Å². The number of methoxy groups -OCH3 is 1. The van der Waals surface area contributed by atoms with Crippen molar-refractivity contribution in [2.75, 3.05) is 19.0 Å². The molecule has 6 nitrogen and oxygen atoms in total. The summed E-state index contributed by atoms with van der Waals surface area (Å²) in [6.07, 6.45) is 3.84. The molecule has 2 rings (SSSR count). The third-order valence-electron chi connectivity index (χ3n) is 3.90. The maximum atomic E-state index is 11.2. The van der Waals surface area contributed by atoms with E-state index in [-0.39, 0.29) is 24.1 Å². The van der Waals surface area contributed by atoms with Crippen molar-refractivity contribution in [2.45, 2.75) is 31.7 Å². The minimum Gasteiger partial charge on any atom is -0.490 e. The number of aliphatic hydroxyl groups excluding tert-OH is 1. The lowest BCUT2D eigenvalue weighted by molar-refractivity contribution is -0.384. The van der Waals surface area contributed by atoms with E-state index in [2.05, 4.69) is 5.32 Å². The average Bonchev–Trinajstić information content (AvgIpc) is 2.86. The molecule has 0 aromatic heterocycles. The van der Waals surface area contributed by atoms with E-state index in [0.29, 0.717) is 11.6 Å². The summed E-state index contributed by atoms with van der Waals surface area (Å²) in [5, 5.41) is 23.6. The Labute approximate surface area is 117 Å². The third kappa shape index (κ3) is 3.01. The number of aliphatic hydroxyl groups is 1. The van der Waals surface area contributed by atoms with Gasteiger partial charge in [-0.05, 0) is 37.3 Å². The van der Waals surface area contributed by atoms with E-state index in [0.717, 1.165) is 25.7 Å². The summed E-state index contributed by atoms with van der Waals surface area (Å²) in [7, 11) is 1.43. The number of ether oxygens (including phenoxy) is 1. The molecule has 0 bridgehead atoms. The Kier molecular flexibility index (Phi) is 4.79. The standard InChI is InChI=1S/C14H20N2O4/c1-20-13-7-3-6-12(14(13)16(18)19)15-11-5-2-4-10(11)8-9-17/h3,6-7,10-11,15,17H,2,4-5,8-9H2,1H3. The lowest BCUT2D eigenvalue weighted by Gasteiger charge is -2.21. The van der Waals surface area contributed by atoms with Gasteiger partial charge in [0.25, 0.3) is 0 Å². The highest BCUT2D eigenvalue weighted by Gasteiger charge is 2.29. The summed E-state index contributed by atoms with van der Waals surface area (Å²) in [6.45, 7) is 0.156. The van der Waals surface area contributed by atoms with E-state index < -0.39 is 4.92 Å². The first-order chi connectivity index (χ1) is 9.67. The molecule has 1 fully saturated rings. The Morgan fingerprint density at radius 2 is 2.30 bits per heavy atom. The second-order valence-corrected chi connectivity index (χ2v) is 5.07. The van der Waals surface area contributed by atoms with Gasteiger partial charge in [0.1, 0.15) is 5.69 Å². The lowest BCUT2D eigenvalue weighted by Crippen LogP contribution is -2.25. The zero-order valence-corrected chi connectivity index (χ0v) is 11.5. The van der Waals surface area contributed by atoms with Crippen LogP contribution in [-0.2, 0) is 0 Å². The number of anilines is 1. The smallest absolute Gasteiger partial charge is 0.333 e. The van der Waals surface area contributed by atoms with Crippen molar-refractivity contribution < 1.29 is 14.8 Å². The monoisotopic (exact) mass is 280 g/mol. The van der Waals surface area contributed by atoms with Gasteiger partial charge in [-0.25, -0.2) is 0 Å². The molecule has 0 heterocycles. The number of para-hydroxylation sites is 1. The largest absolute Gasteiger partial charge is 0.490 e. The summed E-state index contributed by atoms with van der Waals surface area (Å²) in [5.74, 6) is 0.627. The molecule has 6 heteroatoms. The predicted molar refractivity (Wildman–Crippen MR) is 76.1 cm³/mol. The van der Waals surface area contributed by atoms with Crippen molar-refractivity contribution >= 4 is 11.4 Å². The van der Waals surface area contributed by atoms with Crippen LogP contribution in [0.4, 0.5) is 11.4 Å². The van der Waals surface area contributed by atoms with Crippen LogP contribution in [0.3, 0.4) is 0 Å². The molecule has 0 radical (unpaired) electrons. The average molecular weight is 280 g/mol. The number of nitrogens with zero attached hydrogens (tertiary/aromatic N) is 1. The number of nitro benzene ring substituents is 1. The van der Waals surface area contributed by atoms with Gasteiger partial charge in [0, 0.05) is 12.6 Å². The van der Waals surface area contributed by atoms with Crippen LogP contribution in [0.2, 0.25) is 0 Å². The van der Waals surface area contributed by atoms with Crippen LogP contribution < -0.4 is 10.1 Å². The number of hydrogen-bond donors (Lipinski definition) is 2. The van der Waals surface area contributed by atoms with E-state index in [1.54, 1.807) is 18.2 Å². The topological polar surface area (TPSA) is 84.6 Å². The van der Waals surface area contributed by atoms with Gasteiger partial charge in [-0.15, -0.1) is 0 Å². The number of benzene rings is 1. The molecule has 2 N–H and O–H groups in total. The van der Waals surface area contributed by atoms with Crippen molar-refractivity contribution in [2.24, 2.45) is 5.92 Å². The van der Waals surface area contributed by atoms with Crippen molar-refractivity contribution in [1.29, 1.82) is 0 Å². The SMILES string of the molecule is COc1cccc(NC2CCCC2CCO)c1[N+](=O)[O-]. The van der Waals surface area contributed by atoms with Crippen molar-refractivity contribution in [3.05, 3.63) is 28.3 Å². The Balaban J connectivity index is 2.22. The molecule has 1 aromatic carbocycles. The second-order valence-electron chi connectivity index (χ2n) is 5.07. The molecule has 1 aliphatic rings. The molecule has 20 heavy (non-hydrogen) atoms. The number of rotatable bonds is 6. The van der Waals surface area contributed by atoms with Crippen LogP contribution in [-0.4, -0.2) is 29.8 Å². The Bertz CT molecular complexity index is 478. The summed E-state index contributed by atoms with van der Waals surface area (Å²) < 4.78 is 5.06. The lowest BCUT2D eigenvalue weighted by atomic mass is 9.99. The van der Waals surface area contributed by atoms with Crippen LogP contribution in [0.15, 0.2) is 18.2 Å². The molecule has 1 aromatic rings. The fourth-order valence-corrected chi connectivity index (χ4v) is 2.93. The first kappa shape index (κ1) is 14.6. The highest BCUT2D eigenvalue weighted by molar-refractivity contribution is 5.68. The molecule has 0 saturated heterocycles. The van der Waals surface area contributed by atoms with Gasteiger partial charge in [0.2, 0.25) is 0 Å². The van der Waals surface area contributed by atoms with Gasteiger partial charge in [0.15, 0.2) is 5.75 Å². The third-order valence-corrected chi connectivity index (χ3v) is 3.90. The highest BCUT2D eigenvalue weighted by Crippen LogP contribution is 2.38. The van der Waals surface area contributed by atoms with Crippen LogP contribution in [0.1, 0.15) is 25.7 Å². The van der Waals surface area contributed by atoms with Gasteiger partial charge in [-0.3, -0.25) is 10.1 Å². The van der Waals surface area contributed by atoms with Crippen LogP contribution >= 0.6 is 0 Å². The van der Waals surface area contributed by atoms with E-state index >= 15 is 0 Å². The van der Waals surface area contributed by atoms with E-state index in [1.165, 1.54) is 7.11 Å². The molecule has 110 valence electrons. The van der Waals surface area contributed by atoms with Gasteiger partial charge in [-0.1, -0.05) is 12.5 Å². The summed E-state index contributed by atoms with van der Waals surface area (Å²) >= 11 is 0. The molecule has 0 aliphatic heterocycles. The molecule has 2 atom stereocenters. The van der Waals surface area contributed by atoms with Gasteiger partial charge in [0.05, 0.1) is 12.0 Å². The highest BCUT2D eigenvalue weighted by atomic mass is 16.6. The fraction of sp³-hybridized carbons (Fsp3) is 0.571. The summed E-state index contributed by atoms with van der Waals surface area (Å²) in [5.41, 5.74) is 0.467. The Morgan fingerprint density at radius 3 is 2.95 bits per heavy atom.